The molecular weight excluding hydrogens is 602 g/mol. The average Bonchev–Trinajstić information content (AvgIpc) is 3.67. The quantitative estimate of drug-likeness (QED) is 0.191. The summed E-state index contributed by atoms with van der Waals surface area (Å²) in [5.74, 6) is -0.527. The first kappa shape index (κ1) is 32.4. The second-order valence-corrected chi connectivity index (χ2v) is 12.3. The normalized spacial score (nSPS) is 14.3. The third-order valence-corrected chi connectivity index (χ3v) is 8.43. The van der Waals surface area contributed by atoms with E-state index in [1.165, 1.54) is 0 Å². The Bertz CT molecular complexity index is 1920. The van der Waals surface area contributed by atoms with E-state index in [2.05, 4.69) is 25.8 Å². The number of rotatable bonds is 11. The first-order valence-electron chi connectivity index (χ1n) is 15.9. The zero-order valence-corrected chi connectivity index (χ0v) is 27.6. The summed E-state index contributed by atoms with van der Waals surface area (Å²) in [7, 11) is 7.75. The second kappa shape index (κ2) is 14.0. The number of benzene rings is 4. The Hall–Kier alpha value is -5.58. The van der Waals surface area contributed by atoms with Crippen LogP contribution in [0.2, 0.25) is 0 Å². The lowest BCUT2D eigenvalue weighted by molar-refractivity contribution is -0.119. The molecule has 0 saturated heterocycles. The molecule has 0 radical (unpaired) electrons. The van der Waals surface area contributed by atoms with Crippen LogP contribution < -0.4 is 20.9 Å². The summed E-state index contributed by atoms with van der Waals surface area (Å²) in [6.45, 7) is 1.99. The monoisotopic (exact) mass is 641 g/mol. The molecule has 0 unspecified atom stereocenters. The van der Waals surface area contributed by atoms with Gasteiger partial charge in [-0.3, -0.25) is 19.3 Å². The molecule has 0 aliphatic carbocycles. The minimum atomic E-state index is -0.273. The van der Waals surface area contributed by atoms with E-state index in [1.807, 2.05) is 111 Å². The summed E-state index contributed by atoms with van der Waals surface area (Å²) in [5, 5.41) is 9.39. The van der Waals surface area contributed by atoms with E-state index in [0.717, 1.165) is 46.8 Å². The van der Waals surface area contributed by atoms with Crippen molar-refractivity contribution in [2.45, 2.75) is 6.42 Å². The molecule has 0 aromatic heterocycles. The van der Waals surface area contributed by atoms with Crippen LogP contribution >= 0.6 is 0 Å². The Kier molecular flexibility index (Phi) is 9.47. The molecule has 0 bridgehead atoms. The highest BCUT2D eigenvalue weighted by molar-refractivity contribution is 6.45. The summed E-state index contributed by atoms with van der Waals surface area (Å²) in [5.41, 5.74) is 7.66. The standard InChI is InChI=1S/C38H39N7O3/c1-43(2)20-21-44(3)24-34(46)45(4)29-17-14-27(15-18-29)39-36(25-10-6-5-7-11-25)35-30-19-16-28(23-32(30)42-38(35)48)40-37(47)33-22-26-12-8-9-13-31(26)41-33/h5-19,23,39H,20-22,24H2,1-4H3,(H,40,47)(H,42,48)/b36-35-. The third kappa shape index (κ3) is 7.20. The number of carbonyl (C=O) groups excluding carboxylic acids is 3. The minimum absolute atomic E-state index is 0.000163. The lowest BCUT2D eigenvalue weighted by Crippen LogP contribution is -2.39. The van der Waals surface area contributed by atoms with Gasteiger partial charge in [-0.15, -0.1) is 0 Å². The van der Waals surface area contributed by atoms with Gasteiger partial charge in [-0.05, 0) is 80.8 Å². The predicted molar refractivity (Wildman–Crippen MR) is 194 cm³/mol. The summed E-state index contributed by atoms with van der Waals surface area (Å²) >= 11 is 0. The Morgan fingerprint density at radius 1 is 0.812 bits per heavy atom. The van der Waals surface area contributed by atoms with E-state index in [0.29, 0.717) is 41.3 Å². The molecule has 3 N–H and O–H groups in total. The molecule has 10 nitrogen and oxygen atoms in total. The van der Waals surface area contributed by atoms with Crippen molar-refractivity contribution in [3.05, 3.63) is 114 Å². The largest absolute Gasteiger partial charge is 0.354 e. The number of likely N-dealkylation sites (N-methyl/N-ethyl adjacent to an activating group) is 3. The van der Waals surface area contributed by atoms with Crippen molar-refractivity contribution < 1.29 is 14.4 Å². The van der Waals surface area contributed by atoms with E-state index in [9.17, 15) is 14.4 Å². The van der Waals surface area contributed by atoms with Crippen LogP contribution in [0.25, 0.3) is 11.3 Å². The molecule has 3 amide bonds. The van der Waals surface area contributed by atoms with Gasteiger partial charge in [0.25, 0.3) is 11.8 Å². The highest BCUT2D eigenvalue weighted by Gasteiger charge is 2.29. The highest BCUT2D eigenvalue weighted by Crippen LogP contribution is 2.39. The van der Waals surface area contributed by atoms with Gasteiger partial charge in [-0.2, -0.15) is 0 Å². The van der Waals surface area contributed by atoms with Crippen LogP contribution in [0.15, 0.2) is 102 Å². The molecule has 6 rings (SSSR count). The van der Waals surface area contributed by atoms with Crippen molar-refractivity contribution in [3.8, 4) is 0 Å². The van der Waals surface area contributed by atoms with Gasteiger partial charge in [0.15, 0.2) is 0 Å². The van der Waals surface area contributed by atoms with Crippen molar-refractivity contribution >= 4 is 63.1 Å². The molecule has 4 aromatic carbocycles. The van der Waals surface area contributed by atoms with Crippen molar-refractivity contribution in [1.82, 2.24) is 9.80 Å². The fourth-order valence-electron chi connectivity index (χ4n) is 5.70. The smallest absolute Gasteiger partial charge is 0.270 e. The summed E-state index contributed by atoms with van der Waals surface area (Å²) in [4.78, 5) is 49.7. The number of hydrogen-bond acceptors (Lipinski definition) is 7. The fourth-order valence-corrected chi connectivity index (χ4v) is 5.70. The van der Waals surface area contributed by atoms with Crippen LogP contribution in [-0.2, 0) is 20.8 Å². The van der Waals surface area contributed by atoms with Crippen LogP contribution in [0.3, 0.4) is 0 Å². The molecule has 0 spiro atoms. The van der Waals surface area contributed by atoms with Crippen LogP contribution in [0.5, 0.6) is 0 Å². The van der Waals surface area contributed by atoms with Crippen LogP contribution in [0.4, 0.5) is 28.4 Å². The second-order valence-electron chi connectivity index (χ2n) is 12.3. The predicted octanol–water partition coefficient (Wildman–Crippen LogP) is 5.34. The zero-order chi connectivity index (χ0) is 33.8. The number of aliphatic imine (C=N–C) groups is 1. The van der Waals surface area contributed by atoms with Crippen LogP contribution in [0.1, 0.15) is 16.7 Å². The lowest BCUT2D eigenvalue weighted by atomic mass is 9.99. The number of nitrogens with zero attached hydrogens (tertiary/aromatic N) is 4. The summed E-state index contributed by atoms with van der Waals surface area (Å²) in [6, 6.07) is 30.3. The molecule has 0 fully saturated rings. The lowest BCUT2D eigenvalue weighted by Gasteiger charge is -2.23. The Morgan fingerprint density at radius 3 is 2.25 bits per heavy atom. The van der Waals surface area contributed by atoms with E-state index in [4.69, 9.17) is 0 Å². The topological polar surface area (TPSA) is 109 Å². The van der Waals surface area contributed by atoms with E-state index >= 15 is 0 Å². The van der Waals surface area contributed by atoms with E-state index in [-0.39, 0.29) is 17.7 Å². The fraction of sp³-hybridized carbons (Fsp3) is 0.211. The Balaban J connectivity index is 1.21. The minimum Gasteiger partial charge on any atom is -0.354 e. The number of amides is 3. The number of para-hydroxylation sites is 1. The van der Waals surface area contributed by atoms with Crippen molar-refractivity contribution in [3.63, 3.8) is 0 Å². The number of hydrogen-bond donors (Lipinski definition) is 3. The molecule has 0 saturated carbocycles. The van der Waals surface area contributed by atoms with Crippen LogP contribution in [-0.4, -0.2) is 81.1 Å². The maximum absolute atomic E-state index is 13.5. The molecule has 244 valence electrons. The van der Waals surface area contributed by atoms with Crippen molar-refractivity contribution in [2.75, 3.05) is 68.7 Å². The molecule has 2 aliphatic heterocycles. The van der Waals surface area contributed by atoms with E-state index in [1.54, 1.807) is 24.1 Å². The molecule has 0 atom stereocenters. The first-order valence-corrected chi connectivity index (χ1v) is 15.9. The van der Waals surface area contributed by atoms with Crippen molar-refractivity contribution in [1.29, 1.82) is 0 Å². The number of anilines is 4. The zero-order valence-electron chi connectivity index (χ0n) is 27.6. The third-order valence-electron chi connectivity index (χ3n) is 8.43. The van der Waals surface area contributed by atoms with Gasteiger partial charge >= 0.3 is 0 Å². The van der Waals surface area contributed by atoms with Gasteiger partial charge < -0.3 is 25.8 Å². The molecular formula is C38H39N7O3. The molecule has 2 heterocycles. The molecule has 48 heavy (non-hydrogen) atoms. The first-order chi connectivity index (χ1) is 23.2. The molecule has 10 heteroatoms. The maximum atomic E-state index is 13.5. The van der Waals surface area contributed by atoms with E-state index < -0.39 is 0 Å². The highest BCUT2D eigenvalue weighted by atomic mass is 16.2. The number of nitrogens with one attached hydrogen (secondary N) is 3. The average molecular weight is 642 g/mol. The number of carbonyl (C=O) groups is 3. The van der Waals surface area contributed by atoms with Crippen molar-refractivity contribution in [2.24, 2.45) is 4.99 Å². The SMILES string of the molecule is CN(C)CCN(C)CC(=O)N(C)c1ccc(N/C(=C2\C(=O)Nc3cc(NC(=O)C4=Nc5ccccc5C4)ccc32)c2ccccc2)cc1. The summed E-state index contributed by atoms with van der Waals surface area (Å²) in [6.07, 6.45) is 0.477. The van der Waals surface area contributed by atoms with Gasteiger partial charge in [0.2, 0.25) is 5.91 Å². The molecule has 2 aliphatic rings. The van der Waals surface area contributed by atoms with Gasteiger partial charge in [-0.25, -0.2) is 4.99 Å². The Labute approximate surface area is 280 Å². The molecule has 4 aromatic rings. The van der Waals surface area contributed by atoms with Gasteiger partial charge in [-0.1, -0.05) is 48.5 Å². The van der Waals surface area contributed by atoms with Gasteiger partial charge in [0.05, 0.1) is 29.2 Å². The summed E-state index contributed by atoms with van der Waals surface area (Å²) < 4.78 is 0. The Morgan fingerprint density at radius 2 is 1.52 bits per heavy atom. The number of fused-ring (bicyclic) bond motifs is 2. The van der Waals surface area contributed by atoms with Crippen LogP contribution in [0, 0.1) is 0 Å². The maximum Gasteiger partial charge on any atom is 0.270 e. The van der Waals surface area contributed by atoms with Gasteiger partial charge in [0, 0.05) is 49.2 Å². The van der Waals surface area contributed by atoms with Gasteiger partial charge in [0.1, 0.15) is 5.71 Å².